The number of carbonyl (C=O) groups is 1. The minimum Gasteiger partial charge on any atom is -0.378 e. The minimum atomic E-state index is -0.369. The molecule has 0 saturated carbocycles. The number of anilines is 1. The van der Waals surface area contributed by atoms with Gasteiger partial charge in [-0.1, -0.05) is 0 Å². The van der Waals surface area contributed by atoms with E-state index in [0.29, 0.717) is 5.56 Å². The second-order valence-corrected chi connectivity index (χ2v) is 3.96. The zero-order valence-electron chi connectivity index (χ0n) is 9.40. The van der Waals surface area contributed by atoms with Gasteiger partial charge < -0.3 is 15.4 Å². The van der Waals surface area contributed by atoms with Crippen LogP contribution in [0.5, 0.6) is 0 Å². The van der Waals surface area contributed by atoms with Gasteiger partial charge in [-0.3, -0.25) is 4.79 Å². The number of primary amides is 1. The van der Waals surface area contributed by atoms with Gasteiger partial charge in [-0.25, -0.2) is 0 Å². The van der Waals surface area contributed by atoms with E-state index >= 15 is 0 Å². The predicted octanol–water partition coefficient (Wildman–Crippen LogP) is 0.931. The lowest BCUT2D eigenvalue weighted by atomic mass is 10.1. The first kappa shape index (κ1) is 11.0. The maximum Gasteiger partial charge on any atom is 0.248 e. The van der Waals surface area contributed by atoms with Gasteiger partial charge in [0.15, 0.2) is 0 Å². The molecule has 4 heteroatoms. The first-order chi connectivity index (χ1) is 7.68. The van der Waals surface area contributed by atoms with E-state index in [4.69, 9.17) is 10.5 Å². The van der Waals surface area contributed by atoms with Gasteiger partial charge in [0.1, 0.15) is 0 Å². The molecule has 2 rings (SSSR count). The van der Waals surface area contributed by atoms with E-state index < -0.39 is 0 Å². The number of benzene rings is 1. The van der Waals surface area contributed by atoms with E-state index in [1.165, 1.54) is 0 Å². The molecule has 2 N–H and O–H groups in total. The Morgan fingerprint density at radius 2 is 2.06 bits per heavy atom. The molecular formula is C12H16N2O2. The number of aryl methyl sites for hydroxylation is 1. The third-order valence-electron chi connectivity index (χ3n) is 2.85. The van der Waals surface area contributed by atoms with Crippen molar-refractivity contribution in [3.63, 3.8) is 0 Å². The summed E-state index contributed by atoms with van der Waals surface area (Å²) < 4.78 is 5.30. The Morgan fingerprint density at radius 1 is 1.38 bits per heavy atom. The molecule has 0 aromatic heterocycles. The van der Waals surface area contributed by atoms with Crippen LogP contribution in [-0.2, 0) is 4.74 Å². The molecule has 1 heterocycles. The van der Waals surface area contributed by atoms with E-state index in [9.17, 15) is 4.79 Å². The van der Waals surface area contributed by atoms with E-state index in [0.717, 1.165) is 37.6 Å². The third-order valence-corrected chi connectivity index (χ3v) is 2.85. The number of amides is 1. The number of ether oxygens (including phenoxy) is 1. The van der Waals surface area contributed by atoms with E-state index in [2.05, 4.69) is 4.90 Å². The van der Waals surface area contributed by atoms with Gasteiger partial charge in [0.25, 0.3) is 0 Å². The lowest BCUT2D eigenvalue weighted by Crippen LogP contribution is -2.36. The van der Waals surface area contributed by atoms with Gasteiger partial charge in [0, 0.05) is 24.3 Å². The summed E-state index contributed by atoms with van der Waals surface area (Å²) in [5.74, 6) is -0.369. The summed E-state index contributed by atoms with van der Waals surface area (Å²) in [6.45, 7) is 5.22. The second kappa shape index (κ2) is 4.53. The highest BCUT2D eigenvalue weighted by atomic mass is 16.5. The molecule has 1 aromatic carbocycles. The van der Waals surface area contributed by atoms with Crippen molar-refractivity contribution < 1.29 is 9.53 Å². The molecule has 4 nitrogen and oxygen atoms in total. The van der Waals surface area contributed by atoms with Crippen molar-refractivity contribution in [2.45, 2.75) is 6.92 Å². The van der Waals surface area contributed by atoms with Crippen LogP contribution in [0.25, 0.3) is 0 Å². The molecule has 0 radical (unpaired) electrons. The molecule has 86 valence electrons. The van der Waals surface area contributed by atoms with Crippen molar-refractivity contribution in [3.05, 3.63) is 29.3 Å². The Kier molecular flexibility index (Phi) is 3.10. The van der Waals surface area contributed by atoms with Crippen molar-refractivity contribution in [1.29, 1.82) is 0 Å². The molecular weight excluding hydrogens is 204 g/mol. The highest BCUT2D eigenvalue weighted by Crippen LogP contribution is 2.19. The van der Waals surface area contributed by atoms with Gasteiger partial charge in [0.05, 0.1) is 13.2 Å². The fourth-order valence-corrected chi connectivity index (χ4v) is 1.94. The Balaban J connectivity index is 2.23. The molecule has 0 bridgehead atoms. The van der Waals surface area contributed by atoms with Crippen molar-refractivity contribution in [2.75, 3.05) is 31.2 Å². The van der Waals surface area contributed by atoms with Crippen LogP contribution in [0.3, 0.4) is 0 Å². The molecule has 1 aliphatic rings. The lowest BCUT2D eigenvalue weighted by Gasteiger charge is -2.29. The average Bonchev–Trinajstić information content (AvgIpc) is 2.29. The summed E-state index contributed by atoms with van der Waals surface area (Å²) in [6, 6.07) is 5.74. The Hall–Kier alpha value is -1.55. The van der Waals surface area contributed by atoms with Gasteiger partial charge in [-0.15, -0.1) is 0 Å². The molecule has 0 spiro atoms. The molecule has 0 atom stereocenters. The Morgan fingerprint density at radius 3 is 2.62 bits per heavy atom. The maximum atomic E-state index is 11.1. The molecule has 0 aliphatic carbocycles. The van der Waals surface area contributed by atoms with Crippen LogP contribution in [0.15, 0.2) is 18.2 Å². The summed E-state index contributed by atoms with van der Waals surface area (Å²) in [5.41, 5.74) is 7.92. The predicted molar refractivity (Wildman–Crippen MR) is 62.7 cm³/mol. The van der Waals surface area contributed by atoms with Crippen molar-refractivity contribution >= 4 is 11.6 Å². The normalized spacial score (nSPS) is 16.2. The van der Waals surface area contributed by atoms with Gasteiger partial charge >= 0.3 is 0 Å². The first-order valence-electron chi connectivity index (χ1n) is 5.41. The lowest BCUT2D eigenvalue weighted by molar-refractivity contribution is 0.0999. The summed E-state index contributed by atoms with van der Waals surface area (Å²) >= 11 is 0. The van der Waals surface area contributed by atoms with E-state index in [1.807, 2.05) is 19.1 Å². The molecule has 1 saturated heterocycles. The summed E-state index contributed by atoms with van der Waals surface area (Å²) in [4.78, 5) is 13.3. The average molecular weight is 220 g/mol. The van der Waals surface area contributed by atoms with Crippen LogP contribution in [0, 0.1) is 6.92 Å². The number of hydrogen-bond donors (Lipinski definition) is 1. The number of carbonyl (C=O) groups excluding carboxylic acids is 1. The monoisotopic (exact) mass is 220 g/mol. The Bertz CT molecular complexity index is 398. The second-order valence-electron chi connectivity index (χ2n) is 3.96. The van der Waals surface area contributed by atoms with Crippen LogP contribution < -0.4 is 10.6 Å². The number of nitrogens with zero attached hydrogens (tertiary/aromatic N) is 1. The van der Waals surface area contributed by atoms with Crippen LogP contribution in [0.4, 0.5) is 5.69 Å². The summed E-state index contributed by atoms with van der Waals surface area (Å²) in [7, 11) is 0. The van der Waals surface area contributed by atoms with Crippen molar-refractivity contribution in [3.8, 4) is 0 Å². The summed E-state index contributed by atoms with van der Waals surface area (Å²) in [5, 5.41) is 0. The number of rotatable bonds is 2. The standard InChI is InChI=1S/C12H16N2O2/c1-9-8-10(2-3-11(9)12(13)15)14-4-6-16-7-5-14/h2-3,8H,4-7H2,1H3,(H2,13,15). The van der Waals surface area contributed by atoms with Gasteiger partial charge in [-0.2, -0.15) is 0 Å². The molecule has 1 amide bonds. The SMILES string of the molecule is Cc1cc(N2CCOCC2)ccc1C(N)=O. The highest BCUT2D eigenvalue weighted by Gasteiger charge is 2.13. The van der Waals surface area contributed by atoms with Crippen molar-refractivity contribution in [1.82, 2.24) is 0 Å². The van der Waals surface area contributed by atoms with Crippen molar-refractivity contribution in [2.24, 2.45) is 5.73 Å². The molecule has 0 unspecified atom stereocenters. The topological polar surface area (TPSA) is 55.6 Å². The molecule has 1 aliphatic heterocycles. The smallest absolute Gasteiger partial charge is 0.248 e. The largest absolute Gasteiger partial charge is 0.378 e. The van der Waals surface area contributed by atoms with E-state index in [1.54, 1.807) is 6.07 Å². The minimum absolute atomic E-state index is 0.369. The fourth-order valence-electron chi connectivity index (χ4n) is 1.94. The van der Waals surface area contributed by atoms with Gasteiger partial charge in [0.2, 0.25) is 5.91 Å². The van der Waals surface area contributed by atoms with E-state index in [-0.39, 0.29) is 5.91 Å². The Labute approximate surface area is 95.0 Å². The summed E-state index contributed by atoms with van der Waals surface area (Å²) in [6.07, 6.45) is 0. The maximum absolute atomic E-state index is 11.1. The number of morpholine rings is 1. The van der Waals surface area contributed by atoms with Crippen LogP contribution in [-0.4, -0.2) is 32.2 Å². The number of nitrogens with two attached hydrogens (primary N) is 1. The zero-order chi connectivity index (χ0) is 11.5. The number of hydrogen-bond acceptors (Lipinski definition) is 3. The molecule has 16 heavy (non-hydrogen) atoms. The van der Waals surface area contributed by atoms with Crippen LogP contribution >= 0.6 is 0 Å². The third kappa shape index (κ3) is 2.17. The molecule has 1 fully saturated rings. The zero-order valence-corrected chi connectivity index (χ0v) is 9.40. The van der Waals surface area contributed by atoms with Crippen LogP contribution in [0.2, 0.25) is 0 Å². The highest BCUT2D eigenvalue weighted by molar-refractivity contribution is 5.94. The quantitative estimate of drug-likeness (QED) is 0.806. The van der Waals surface area contributed by atoms with Crippen LogP contribution in [0.1, 0.15) is 15.9 Å². The fraction of sp³-hybridized carbons (Fsp3) is 0.417. The first-order valence-corrected chi connectivity index (χ1v) is 5.41. The van der Waals surface area contributed by atoms with Gasteiger partial charge in [-0.05, 0) is 30.7 Å². The molecule has 1 aromatic rings.